The van der Waals surface area contributed by atoms with Gasteiger partial charge in [-0.05, 0) is 30.7 Å². The van der Waals surface area contributed by atoms with Crippen molar-refractivity contribution in [2.75, 3.05) is 0 Å². The van der Waals surface area contributed by atoms with Crippen LogP contribution < -0.4 is 0 Å². The van der Waals surface area contributed by atoms with Crippen molar-refractivity contribution < 1.29 is 0 Å². The summed E-state index contributed by atoms with van der Waals surface area (Å²) in [7, 11) is 0. The van der Waals surface area contributed by atoms with E-state index in [9.17, 15) is 0 Å². The maximum absolute atomic E-state index is 4.94. The van der Waals surface area contributed by atoms with Gasteiger partial charge < -0.3 is 0 Å². The fraction of sp³-hybridized carbons (Fsp3) is 0.238. The van der Waals surface area contributed by atoms with Crippen LogP contribution in [-0.2, 0) is 5.41 Å². The molecule has 0 radical (unpaired) electrons. The molecule has 0 spiro atoms. The monoisotopic (exact) mass is 315 g/mol. The fourth-order valence-electron chi connectivity index (χ4n) is 3.14. The average Bonchev–Trinajstić information content (AvgIpc) is 2.96. The Morgan fingerprint density at radius 2 is 1.71 bits per heavy atom. The highest BCUT2D eigenvalue weighted by Gasteiger charge is 2.18. The lowest BCUT2D eigenvalue weighted by Crippen LogP contribution is -2.13. The SMILES string of the molecule is Cc1cnc2c3ccc(C(C)(C)C)nc3cc(-c3ccccc3)n12. The molecule has 0 atom stereocenters. The smallest absolute Gasteiger partial charge is 0.146 e. The Bertz CT molecular complexity index is 1040. The highest BCUT2D eigenvalue weighted by atomic mass is 15.0. The van der Waals surface area contributed by atoms with Gasteiger partial charge in [0.2, 0.25) is 0 Å². The first-order chi connectivity index (χ1) is 11.4. The maximum atomic E-state index is 4.94. The van der Waals surface area contributed by atoms with Crippen LogP contribution >= 0.6 is 0 Å². The molecule has 24 heavy (non-hydrogen) atoms. The van der Waals surface area contributed by atoms with Gasteiger partial charge >= 0.3 is 0 Å². The van der Waals surface area contributed by atoms with Crippen molar-refractivity contribution in [2.45, 2.75) is 33.1 Å². The number of nitrogens with zero attached hydrogens (tertiary/aromatic N) is 3. The molecule has 0 unspecified atom stereocenters. The molecule has 0 fully saturated rings. The Hall–Kier alpha value is -2.68. The molecule has 3 aromatic heterocycles. The summed E-state index contributed by atoms with van der Waals surface area (Å²) >= 11 is 0. The lowest BCUT2D eigenvalue weighted by Gasteiger charge is -2.18. The first-order valence-electron chi connectivity index (χ1n) is 8.29. The molecular weight excluding hydrogens is 294 g/mol. The van der Waals surface area contributed by atoms with Crippen LogP contribution in [0.4, 0.5) is 0 Å². The molecule has 1 aromatic carbocycles. The number of aromatic nitrogens is 3. The molecule has 3 nitrogen and oxygen atoms in total. The third kappa shape index (κ3) is 2.28. The van der Waals surface area contributed by atoms with Gasteiger partial charge in [-0.15, -0.1) is 0 Å². The summed E-state index contributed by atoms with van der Waals surface area (Å²) in [6.45, 7) is 8.67. The fourth-order valence-corrected chi connectivity index (χ4v) is 3.14. The molecule has 0 aliphatic rings. The van der Waals surface area contributed by atoms with Crippen molar-refractivity contribution >= 4 is 16.6 Å². The van der Waals surface area contributed by atoms with Crippen LogP contribution in [0.5, 0.6) is 0 Å². The number of aryl methyl sites for hydroxylation is 1. The van der Waals surface area contributed by atoms with Crippen LogP contribution in [0.1, 0.15) is 32.2 Å². The summed E-state index contributed by atoms with van der Waals surface area (Å²) < 4.78 is 2.22. The van der Waals surface area contributed by atoms with Gasteiger partial charge in [0.1, 0.15) is 5.65 Å². The van der Waals surface area contributed by atoms with Gasteiger partial charge in [-0.3, -0.25) is 9.38 Å². The second-order valence-corrected chi connectivity index (χ2v) is 7.33. The van der Waals surface area contributed by atoms with E-state index in [0.29, 0.717) is 0 Å². The molecule has 0 N–H and O–H groups in total. The quantitative estimate of drug-likeness (QED) is 0.486. The van der Waals surface area contributed by atoms with Crippen LogP contribution in [0.3, 0.4) is 0 Å². The minimum Gasteiger partial charge on any atom is -0.296 e. The van der Waals surface area contributed by atoms with Crippen LogP contribution in [0.2, 0.25) is 0 Å². The van der Waals surface area contributed by atoms with Gasteiger partial charge in [0.15, 0.2) is 0 Å². The van der Waals surface area contributed by atoms with Crippen molar-refractivity contribution in [3.8, 4) is 11.3 Å². The zero-order valence-electron chi connectivity index (χ0n) is 14.5. The van der Waals surface area contributed by atoms with Gasteiger partial charge in [0, 0.05) is 28.4 Å². The van der Waals surface area contributed by atoms with Crippen LogP contribution in [0.15, 0.2) is 54.7 Å². The van der Waals surface area contributed by atoms with Gasteiger partial charge in [-0.1, -0.05) is 51.1 Å². The predicted octanol–water partition coefficient (Wildman–Crippen LogP) is 5.16. The van der Waals surface area contributed by atoms with Crippen LogP contribution in [0, 0.1) is 6.92 Å². The van der Waals surface area contributed by atoms with E-state index in [2.05, 4.69) is 79.5 Å². The molecular formula is C21H21N3. The first kappa shape index (κ1) is 14.9. The van der Waals surface area contributed by atoms with E-state index in [1.165, 1.54) is 5.56 Å². The standard InChI is InChI=1S/C21H21N3/c1-14-13-22-20-16-10-11-19(21(2,3)4)23-17(16)12-18(24(14)20)15-8-6-5-7-9-15/h5-13H,1-4H3. The predicted molar refractivity (Wildman–Crippen MR) is 99.4 cm³/mol. The van der Waals surface area contributed by atoms with Crippen molar-refractivity contribution in [3.05, 3.63) is 66.1 Å². The van der Waals surface area contributed by atoms with Crippen molar-refractivity contribution in [3.63, 3.8) is 0 Å². The summed E-state index contributed by atoms with van der Waals surface area (Å²) in [6.07, 6.45) is 1.93. The van der Waals surface area contributed by atoms with E-state index in [1.54, 1.807) is 0 Å². The van der Waals surface area contributed by atoms with Crippen molar-refractivity contribution in [2.24, 2.45) is 0 Å². The molecule has 3 heterocycles. The van der Waals surface area contributed by atoms with E-state index < -0.39 is 0 Å². The second-order valence-electron chi connectivity index (χ2n) is 7.33. The summed E-state index contributed by atoms with van der Waals surface area (Å²) in [6, 6.07) is 16.9. The summed E-state index contributed by atoms with van der Waals surface area (Å²) in [4.78, 5) is 9.59. The Balaban J connectivity index is 2.11. The van der Waals surface area contributed by atoms with E-state index in [0.717, 1.165) is 33.6 Å². The number of hydrogen-bond acceptors (Lipinski definition) is 2. The number of benzene rings is 1. The minimum atomic E-state index is 0.0264. The van der Waals surface area contributed by atoms with Gasteiger partial charge in [-0.25, -0.2) is 4.98 Å². The van der Waals surface area contributed by atoms with Gasteiger partial charge in [0.05, 0.1) is 11.2 Å². The molecule has 0 aliphatic heterocycles. The number of fused-ring (bicyclic) bond motifs is 3. The third-order valence-corrected chi connectivity index (χ3v) is 4.46. The van der Waals surface area contributed by atoms with E-state index in [1.807, 2.05) is 12.3 Å². The van der Waals surface area contributed by atoms with Crippen molar-refractivity contribution in [1.82, 2.24) is 14.4 Å². The third-order valence-electron chi connectivity index (χ3n) is 4.46. The molecule has 0 amide bonds. The first-order valence-corrected chi connectivity index (χ1v) is 8.29. The minimum absolute atomic E-state index is 0.0264. The molecule has 0 bridgehead atoms. The molecule has 0 saturated heterocycles. The Kier molecular flexibility index (Phi) is 3.20. The lowest BCUT2D eigenvalue weighted by atomic mass is 9.91. The molecule has 120 valence electrons. The molecule has 0 saturated carbocycles. The normalized spacial score (nSPS) is 12.2. The summed E-state index contributed by atoms with van der Waals surface area (Å²) in [5, 5.41) is 1.09. The highest BCUT2D eigenvalue weighted by Crippen LogP contribution is 2.30. The highest BCUT2D eigenvalue weighted by molar-refractivity contribution is 5.94. The molecule has 4 aromatic rings. The van der Waals surface area contributed by atoms with E-state index in [-0.39, 0.29) is 5.41 Å². The number of hydrogen-bond donors (Lipinski definition) is 0. The summed E-state index contributed by atoms with van der Waals surface area (Å²) in [5.74, 6) is 0. The molecule has 0 aliphatic carbocycles. The topological polar surface area (TPSA) is 30.2 Å². The van der Waals surface area contributed by atoms with Crippen LogP contribution in [-0.4, -0.2) is 14.4 Å². The van der Waals surface area contributed by atoms with Gasteiger partial charge in [-0.2, -0.15) is 0 Å². The Labute approximate surface area is 142 Å². The Morgan fingerprint density at radius 1 is 0.958 bits per heavy atom. The zero-order chi connectivity index (χ0) is 16.9. The van der Waals surface area contributed by atoms with E-state index >= 15 is 0 Å². The maximum Gasteiger partial charge on any atom is 0.146 e. The van der Waals surface area contributed by atoms with Gasteiger partial charge in [0.25, 0.3) is 0 Å². The Morgan fingerprint density at radius 3 is 2.42 bits per heavy atom. The van der Waals surface area contributed by atoms with Crippen LogP contribution in [0.25, 0.3) is 27.8 Å². The average molecular weight is 315 g/mol. The zero-order valence-corrected chi connectivity index (χ0v) is 14.5. The molecule has 3 heteroatoms. The largest absolute Gasteiger partial charge is 0.296 e. The number of rotatable bonds is 1. The van der Waals surface area contributed by atoms with E-state index in [4.69, 9.17) is 4.98 Å². The van der Waals surface area contributed by atoms with Crippen molar-refractivity contribution in [1.29, 1.82) is 0 Å². The molecule has 4 rings (SSSR count). The second kappa shape index (κ2) is 5.17. The lowest BCUT2D eigenvalue weighted by molar-refractivity contribution is 0.571. The number of imidazole rings is 1. The number of pyridine rings is 2. The summed E-state index contributed by atoms with van der Waals surface area (Å²) in [5.41, 5.74) is 6.53.